The normalized spacial score (nSPS) is 11.7. The Kier molecular flexibility index (Phi) is 4.53. The van der Waals surface area contributed by atoms with Crippen molar-refractivity contribution in [1.82, 2.24) is 4.98 Å². The molecule has 25 heavy (non-hydrogen) atoms. The highest BCUT2D eigenvalue weighted by atomic mass is 32.2. The Bertz CT molecular complexity index is 1020. The van der Waals surface area contributed by atoms with Crippen LogP contribution >= 0.6 is 0 Å². The number of sulfonamides is 1. The minimum atomic E-state index is -3.45. The van der Waals surface area contributed by atoms with Gasteiger partial charge in [-0.1, -0.05) is 24.3 Å². The van der Waals surface area contributed by atoms with Gasteiger partial charge in [-0.15, -0.1) is 0 Å². The first-order valence-electron chi connectivity index (χ1n) is 7.32. The maximum Gasteiger partial charge on any atom is 0.248 e. The van der Waals surface area contributed by atoms with Gasteiger partial charge in [-0.2, -0.15) is 0 Å². The van der Waals surface area contributed by atoms with Crippen molar-refractivity contribution in [2.75, 3.05) is 16.3 Å². The van der Waals surface area contributed by atoms with Gasteiger partial charge in [-0.05, 0) is 24.3 Å². The Labute approximate surface area is 144 Å². The van der Waals surface area contributed by atoms with Crippen LogP contribution in [0.3, 0.4) is 0 Å². The SMILES string of the molecule is CS(=O)(=O)Nc1ccccc1NC(=O)/C=C/c1nc2ccccc2o1. The van der Waals surface area contributed by atoms with E-state index in [9.17, 15) is 13.2 Å². The van der Waals surface area contributed by atoms with Crippen LogP contribution in [0.2, 0.25) is 0 Å². The first-order chi connectivity index (χ1) is 11.9. The van der Waals surface area contributed by atoms with Gasteiger partial charge in [0.15, 0.2) is 5.58 Å². The van der Waals surface area contributed by atoms with E-state index in [1.54, 1.807) is 30.3 Å². The zero-order valence-electron chi connectivity index (χ0n) is 13.3. The second-order valence-corrected chi connectivity index (χ2v) is 7.01. The molecule has 7 nitrogen and oxygen atoms in total. The average Bonchev–Trinajstić information content (AvgIpc) is 2.96. The van der Waals surface area contributed by atoms with Crippen molar-refractivity contribution in [3.05, 3.63) is 60.5 Å². The number of carbonyl (C=O) groups excluding carboxylic acids is 1. The van der Waals surface area contributed by atoms with E-state index in [1.165, 1.54) is 12.2 Å². The van der Waals surface area contributed by atoms with Crippen molar-refractivity contribution >= 4 is 44.5 Å². The number of nitrogens with zero attached hydrogens (tertiary/aromatic N) is 1. The van der Waals surface area contributed by atoms with Gasteiger partial charge in [-0.3, -0.25) is 9.52 Å². The molecular weight excluding hydrogens is 342 g/mol. The molecule has 0 bridgehead atoms. The summed E-state index contributed by atoms with van der Waals surface area (Å²) in [6.07, 6.45) is 3.75. The zero-order chi connectivity index (χ0) is 17.9. The molecule has 0 aliphatic rings. The van der Waals surface area contributed by atoms with E-state index in [1.807, 2.05) is 18.2 Å². The Balaban J connectivity index is 1.74. The lowest BCUT2D eigenvalue weighted by molar-refractivity contribution is -0.111. The Morgan fingerprint density at radius 1 is 1.08 bits per heavy atom. The highest BCUT2D eigenvalue weighted by molar-refractivity contribution is 7.92. The van der Waals surface area contributed by atoms with Crippen LogP contribution in [0, 0.1) is 0 Å². The maximum atomic E-state index is 12.1. The summed E-state index contributed by atoms with van der Waals surface area (Å²) in [6, 6.07) is 13.8. The Morgan fingerprint density at radius 3 is 2.48 bits per heavy atom. The van der Waals surface area contributed by atoms with Crippen LogP contribution in [0.4, 0.5) is 11.4 Å². The van der Waals surface area contributed by atoms with Crippen molar-refractivity contribution in [1.29, 1.82) is 0 Å². The fourth-order valence-electron chi connectivity index (χ4n) is 2.16. The quantitative estimate of drug-likeness (QED) is 0.684. The molecule has 0 fully saturated rings. The van der Waals surface area contributed by atoms with Gasteiger partial charge in [0.2, 0.25) is 21.8 Å². The average molecular weight is 357 g/mol. The topological polar surface area (TPSA) is 101 Å². The lowest BCUT2D eigenvalue weighted by Crippen LogP contribution is -2.14. The highest BCUT2D eigenvalue weighted by Gasteiger charge is 2.09. The van der Waals surface area contributed by atoms with E-state index < -0.39 is 15.9 Å². The third-order valence-corrected chi connectivity index (χ3v) is 3.76. The number of fused-ring (bicyclic) bond motifs is 1. The fourth-order valence-corrected chi connectivity index (χ4v) is 2.74. The number of para-hydroxylation sites is 4. The molecule has 0 aliphatic carbocycles. The summed E-state index contributed by atoms with van der Waals surface area (Å²) in [5.41, 5.74) is 1.96. The van der Waals surface area contributed by atoms with E-state index >= 15 is 0 Å². The van der Waals surface area contributed by atoms with E-state index in [0.29, 0.717) is 22.7 Å². The number of benzene rings is 2. The van der Waals surface area contributed by atoms with Crippen LogP contribution in [0.25, 0.3) is 17.2 Å². The van der Waals surface area contributed by atoms with Crippen molar-refractivity contribution in [3.63, 3.8) is 0 Å². The molecule has 2 aromatic carbocycles. The number of rotatable bonds is 5. The summed E-state index contributed by atoms with van der Waals surface area (Å²) in [5.74, 6) is -0.135. The standard InChI is InChI=1S/C17H15N3O4S/c1-25(22,23)20-13-7-3-2-6-12(13)18-16(21)10-11-17-19-14-8-4-5-9-15(14)24-17/h2-11,20H,1H3,(H,18,21)/b11-10+. The minimum Gasteiger partial charge on any atom is -0.437 e. The molecule has 128 valence electrons. The first kappa shape index (κ1) is 16.7. The number of oxazole rings is 1. The monoisotopic (exact) mass is 357 g/mol. The molecule has 0 unspecified atom stereocenters. The molecule has 8 heteroatoms. The number of carbonyl (C=O) groups is 1. The molecule has 0 saturated heterocycles. The molecule has 0 spiro atoms. The van der Waals surface area contributed by atoms with Gasteiger partial charge in [0.05, 0.1) is 17.6 Å². The van der Waals surface area contributed by atoms with Crippen LogP contribution in [0.5, 0.6) is 0 Å². The Hall–Kier alpha value is -3.13. The van der Waals surface area contributed by atoms with Gasteiger partial charge >= 0.3 is 0 Å². The smallest absolute Gasteiger partial charge is 0.248 e. The van der Waals surface area contributed by atoms with Crippen molar-refractivity contribution in [3.8, 4) is 0 Å². The van der Waals surface area contributed by atoms with Gasteiger partial charge < -0.3 is 9.73 Å². The summed E-state index contributed by atoms with van der Waals surface area (Å²) in [6.45, 7) is 0. The van der Waals surface area contributed by atoms with E-state index in [4.69, 9.17) is 4.42 Å². The van der Waals surface area contributed by atoms with Crippen molar-refractivity contribution in [2.24, 2.45) is 0 Å². The summed E-state index contributed by atoms with van der Waals surface area (Å²) >= 11 is 0. The van der Waals surface area contributed by atoms with Gasteiger partial charge in [0, 0.05) is 12.2 Å². The minimum absolute atomic E-state index is 0.286. The lowest BCUT2D eigenvalue weighted by atomic mass is 10.2. The van der Waals surface area contributed by atoms with Crippen LogP contribution < -0.4 is 10.0 Å². The predicted octanol–water partition coefficient (Wildman–Crippen LogP) is 2.85. The summed E-state index contributed by atoms with van der Waals surface area (Å²) in [4.78, 5) is 16.3. The molecule has 0 atom stereocenters. The molecule has 2 N–H and O–H groups in total. The first-order valence-corrected chi connectivity index (χ1v) is 9.21. The number of nitrogens with one attached hydrogen (secondary N) is 2. The number of aromatic nitrogens is 1. The van der Waals surface area contributed by atoms with Crippen LogP contribution in [0.1, 0.15) is 5.89 Å². The van der Waals surface area contributed by atoms with E-state index in [2.05, 4.69) is 15.0 Å². The molecule has 1 heterocycles. The van der Waals surface area contributed by atoms with E-state index in [-0.39, 0.29) is 5.69 Å². The van der Waals surface area contributed by atoms with Crippen LogP contribution in [-0.2, 0) is 14.8 Å². The maximum absolute atomic E-state index is 12.1. The molecular formula is C17H15N3O4S. The number of hydrogen-bond acceptors (Lipinski definition) is 5. The number of anilines is 2. The zero-order valence-corrected chi connectivity index (χ0v) is 14.1. The molecule has 0 aliphatic heterocycles. The van der Waals surface area contributed by atoms with E-state index in [0.717, 1.165) is 6.26 Å². The lowest BCUT2D eigenvalue weighted by Gasteiger charge is -2.10. The predicted molar refractivity (Wildman–Crippen MR) is 96.6 cm³/mol. The molecule has 0 radical (unpaired) electrons. The summed E-state index contributed by atoms with van der Waals surface area (Å²) in [7, 11) is -3.45. The van der Waals surface area contributed by atoms with Gasteiger partial charge in [-0.25, -0.2) is 13.4 Å². The Morgan fingerprint density at radius 2 is 1.76 bits per heavy atom. The van der Waals surface area contributed by atoms with Gasteiger partial charge in [0.25, 0.3) is 0 Å². The van der Waals surface area contributed by atoms with Crippen molar-refractivity contribution < 1.29 is 17.6 Å². The molecule has 1 aromatic heterocycles. The second kappa shape index (κ2) is 6.78. The molecule has 1 amide bonds. The highest BCUT2D eigenvalue weighted by Crippen LogP contribution is 2.22. The molecule has 3 aromatic rings. The third-order valence-electron chi connectivity index (χ3n) is 3.17. The summed E-state index contributed by atoms with van der Waals surface area (Å²) in [5, 5.41) is 2.61. The van der Waals surface area contributed by atoms with Crippen LogP contribution in [0.15, 0.2) is 59.0 Å². The number of hydrogen-bond donors (Lipinski definition) is 2. The largest absolute Gasteiger partial charge is 0.437 e. The molecule has 3 rings (SSSR count). The second-order valence-electron chi connectivity index (χ2n) is 5.26. The molecule has 0 saturated carbocycles. The fraction of sp³-hybridized carbons (Fsp3) is 0.0588. The van der Waals surface area contributed by atoms with Gasteiger partial charge in [0.1, 0.15) is 5.52 Å². The third kappa shape index (κ3) is 4.45. The summed E-state index contributed by atoms with van der Waals surface area (Å²) < 4.78 is 30.6. The van der Waals surface area contributed by atoms with Crippen molar-refractivity contribution in [2.45, 2.75) is 0 Å². The number of amides is 1. The van der Waals surface area contributed by atoms with Crippen LogP contribution in [-0.4, -0.2) is 25.6 Å².